The molecule has 3 N–H and O–H groups in total. The van der Waals surface area contributed by atoms with E-state index in [9.17, 15) is 19.8 Å². The number of carbonyl (C=O) groups is 2. The highest BCUT2D eigenvalue weighted by molar-refractivity contribution is 5.78. The number of esters is 1. The minimum absolute atomic E-state index is 0.0682. The average Bonchev–Trinajstić information content (AvgIpc) is 3.26. The summed E-state index contributed by atoms with van der Waals surface area (Å²) in [7, 11) is 0. The summed E-state index contributed by atoms with van der Waals surface area (Å²) in [4.78, 5) is 26.0. The Morgan fingerprint density at radius 3 is 1.35 bits per heavy atom. The van der Waals surface area contributed by atoms with Gasteiger partial charge in [-0.2, -0.15) is 0 Å². The molecule has 0 bridgehead atoms. The first kappa shape index (κ1) is 58.3. The monoisotopic (exact) mass is 858 g/mol. The van der Waals surface area contributed by atoms with Crippen molar-refractivity contribution in [2.45, 2.75) is 212 Å². The fourth-order valence-electron chi connectivity index (χ4n) is 6.59. The maximum absolute atomic E-state index is 13.1. The van der Waals surface area contributed by atoms with E-state index in [1.165, 1.54) is 44.9 Å². The number of amides is 1. The smallest absolute Gasteiger partial charge is 0.306 e. The number of aliphatic hydroxyl groups is 2. The lowest BCUT2D eigenvalue weighted by Gasteiger charge is -2.23. The Labute approximate surface area is 380 Å². The quantitative estimate of drug-likeness (QED) is 0.0323. The van der Waals surface area contributed by atoms with E-state index < -0.39 is 18.2 Å². The molecule has 0 saturated carbocycles. The Balaban J connectivity index is 4.88. The summed E-state index contributed by atoms with van der Waals surface area (Å²) in [5, 5.41) is 23.6. The molecule has 6 nitrogen and oxygen atoms in total. The van der Waals surface area contributed by atoms with Crippen molar-refractivity contribution in [3.8, 4) is 0 Å². The normalized spacial score (nSPS) is 14.3. The molecule has 3 unspecified atom stereocenters. The van der Waals surface area contributed by atoms with E-state index in [0.29, 0.717) is 19.3 Å². The van der Waals surface area contributed by atoms with Gasteiger partial charge in [0.25, 0.3) is 0 Å². The number of hydrogen-bond acceptors (Lipinski definition) is 5. The third-order valence-electron chi connectivity index (χ3n) is 10.3. The SMILES string of the molecule is CC/C=C\C/C=C\C/C=C\C/C=C\C/C=C\C/C=C\C(CC(=O)NC(CO)C(O)CCCCCCCCCCCC)OC(=O)CCCCC/C=C/C/C=C/C/C=C/C/C=C/CC. The highest BCUT2D eigenvalue weighted by Crippen LogP contribution is 2.14. The van der Waals surface area contributed by atoms with E-state index in [2.05, 4.69) is 135 Å². The number of aliphatic hydroxyl groups excluding tert-OH is 2. The summed E-state index contributed by atoms with van der Waals surface area (Å²) in [6.45, 7) is 6.18. The molecule has 0 heterocycles. The molecule has 0 aliphatic heterocycles. The van der Waals surface area contributed by atoms with Crippen LogP contribution in [-0.2, 0) is 14.3 Å². The molecule has 0 aliphatic rings. The number of hydrogen-bond donors (Lipinski definition) is 3. The van der Waals surface area contributed by atoms with Crippen LogP contribution in [-0.4, -0.2) is 46.9 Å². The summed E-state index contributed by atoms with van der Waals surface area (Å²) < 4.78 is 5.80. The number of nitrogens with one attached hydrogen (secondary N) is 1. The first-order valence-corrected chi connectivity index (χ1v) is 24.8. The molecule has 0 aliphatic carbocycles. The summed E-state index contributed by atoms with van der Waals surface area (Å²) in [5.74, 6) is -0.681. The van der Waals surface area contributed by atoms with E-state index in [1.54, 1.807) is 6.08 Å². The third kappa shape index (κ3) is 42.9. The molecule has 0 saturated heterocycles. The van der Waals surface area contributed by atoms with Crippen molar-refractivity contribution in [3.05, 3.63) is 122 Å². The highest BCUT2D eigenvalue weighted by atomic mass is 16.5. The number of allylic oxidation sites excluding steroid dienone is 19. The van der Waals surface area contributed by atoms with Gasteiger partial charge in [-0.15, -0.1) is 0 Å². The Kier molecular flexibility index (Phi) is 45.4. The summed E-state index contributed by atoms with van der Waals surface area (Å²) in [6.07, 6.45) is 67.1. The van der Waals surface area contributed by atoms with Crippen molar-refractivity contribution < 1.29 is 24.5 Å². The predicted molar refractivity (Wildman–Crippen MR) is 268 cm³/mol. The van der Waals surface area contributed by atoms with Crippen molar-refractivity contribution in [1.82, 2.24) is 5.32 Å². The van der Waals surface area contributed by atoms with Gasteiger partial charge in [0.05, 0.1) is 25.2 Å². The molecule has 0 aromatic heterocycles. The van der Waals surface area contributed by atoms with Gasteiger partial charge in [-0.25, -0.2) is 0 Å². The zero-order valence-corrected chi connectivity index (χ0v) is 39.7. The largest absolute Gasteiger partial charge is 0.458 e. The number of rotatable bonds is 42. The van der Waals surface area contributed by atoms with Crippen molar-refractivity contribution in [1.29, 1.82) is 0 Å². The Hall–Kier alpha value is -3.74. The van der Waals surface area contributed by atoms with Gasteiger partial charge >= 0.3 is 5.97 Å². The van der Waals surface area contributed by atoms with Gasteiger partial charge in [0.2, 0.25) is 5.91 Å². The molecule has 0 aromatic rings. The average molecular weight is 858 g/mol. The number of unbranched alkanes of at least 4 members (excludes halogenated alkanes) is 12. The molecule has 3 atom stereocenters. The molecule has 0 rings (SSSR count). The second-order valence-corrected chi connectivity index (χ2v) is 16.1. The van der Waals surface area contributed by atoms with Crippen molar-refractivity contribution in [2.75, 3.05) is 6.61 Å². The Morgan fingerprint density at radius 1 is 0.500 bits per heavy atom. The topological polar surface area (TPSA) is 95.9 Å². The maximum atomic E-state index is 13.1. The highest BCUT2D eigenvalue weighted by Gasteiger charge is 2.23. The zero-order chi connectivity index (χ0) is 45.2. The van der Waals surface area contributed by atoms with Crippen LogP contribution < -0.4 is 5.32 Å². The first-order valence-electron chi connectivity index (χ1n) is 24.8. The van der Waals surface area contributed by atoms with Gasteiger partial charge < -0.3 is 20.3 Å². The molecular weight excluding hydrogens is 767 g/mol. The second-order valence-electron chi connectivity index (χ2n) is 16.1. The Bertz CT molecular complexity index is 1330. The predicted octanol–water partition coefficient (Wildman–Crippen LogP) is 14.9. The van der Waals surface area contributed by atoms with Crippen molar-refractivity contribution in [2.24, 2.45) is 0 Å². The lowest BCUT2D eigenvalue weighted by atomic mass is 10.0. The van der Waals surface area contributed by atoms with Crippen LogP contribution in [0.25, 0.3) is 0 Å². The summed E-state index contributed by atoms with van der Waals surface area (Å²) >= 11 is 0. The molecule has 0 aromatic carbocycles. The van der Waals surface area contributed by atoms with Crippen LogP contribution in [0, 0.1) is 0 Å². The van der Waals surface area contributed by atoms with Gasteiger partial charge in [-0.3, -0.25) is 9.59 Å². The fraction of sp³-hybridized carbons (Fsp3) is 0.607. The van der Waals surface area contributed by atoms with Gasteiger partial charge in [0, 0.05) is 6.42 Å². The van der Waals surface area contributed by atoms with Crippen molar-refractivity contribution in [3.63, 3.8) is 0 Å². The van der Waals surface area contributed by atoms with Crippen LogP contribution >= 0.6 is 0 Å². The lowest BCUT2D eigenvalue weighted by molar-refractivity contribution is -0.148. The van der Waals surface area contributed by atoms with Crippen LogP contribution in [0.5, 0.6) is 0 Å². The van der Waals surface area contributed by atoms with Crippen LogP contribution in [0.2, 0.25) is 0 Å². The lowest BCUT2D eigenvalue weighted by Crippen LogP contribution is -2.46. The van der Waals surface area contributed by atoms with E-state index in [1.807, 2.05) is 6.08 Å². The fourth-order valence-corrected chi connectivity index (χ4v) is 6.59. The van der Waals surface area contributed by atoms with Crippen LogP contribution in [0.4, 0.5) is 0 Å². The van der Waals surface area contributed by atoms with E-state index in [0.717, 1.165) is 103 Å². The van der Waals surface area contributed by atoms with Crippen LogP contribution in [0.3, 0.4) is 0 Å². The van der Waals surface area contributed by atoms with Gasteiger partial charge in [0.15, 0.2) is 0 Å². The molecule has 62 heavy (non-hydrogen) atoms. The van der Waals surface area contributed by atoms with Crippen LogP contribution in [0.1, 0.15) is 194 Å². The third-order valence-corrected chi connectivity index (χ3v) is 10.3. The minimum atomic E-state index is -0.832. The van der Waals surface area contributed by atoms with Gasteiger partial charge in [-0.1, -0.05) is 207 Å². The van der Waals surface area contributed by atoms with Gasteiger partial charge in [-0.05, 0) is 96.0 Å². The summed E-state index contributed by atoms with van der Waals surface area (Å²) in [5.41, 5.74) is 0. The molecule has 0 radical (unpaired) electrons. The van der Waals surface area contributed by atoms with E-state index in [-0.39, 0.29) is 24.9 Å². The molecule has 0 fully saturated rings. The number of ether oxygens (including phenoxy) is 1. The summed E-state index contributed by atoms with van der Waals surface area (Å²) in [6, 6.07) is -0.757. The van der Waals surface area contributed by atoms with Crippen LogP contribution in [0.15, 0.2) is 122 Å². The molecule has 0 spiro atoms. The molecule has 6 heteroatoms. The van der Waals surface area contributed by atoms with Crippen molar-refractivity contribution >= 4 is 11.9 Å². The molecule has 1 amide bonds. The van der Waals surface area contributed by atoms with Gasteiger partial charge in [0.1, 0.15) is 6.10 Å². The first-order chi connectivity index (χ1) is 30.5. The maximum Gasteiger partial charge on any atom is 0.306 e. The number of carbonyl (C=O) groups excluding carboxylic acids is 2. The Morgan fingerprint density at radius 2 is 0.903 bits per heavy atom. The second kappa shape index (κ2) is 48.3. The van der Waals surface area contributed by atoms with E-state index >= 15 is 0 Å². The zero-order valence-electron chi connectivity index (χ0n) is 39.7. The van der Waals surface area contributed by atoms with E-state index in [4.69, 9.17) is 4.74 Å². The standard InChI is InChI=1S/C56H91NO5/c1-4-7-10-13-16-19-22-24-26-28-29-31-33-35-38-41-44-47-52(50-55(60)57-53(51-58)54(59)48-45-42-39-36-21-18-15-12-9-6-3)62-56(61)49-46-43-40-37-34-32-30-27-25-23-20-17-14-11-8-5-2/h7-8,10-11,16-17,19-20,24-27,29,31-32,34-35,38,44,47,52-54,58-59H,4-6,9,12-15,18,21-23,28,30,33,36-37,39-43,45-46,48-51H2,1-3H3,(H,57,60)/b10-7-,11-8+,19-16-,20-17+,26-24-,27-25+,31-29-,34-32+,38-35-,47-44-. The molecular formula is C56H91NO5. The minimum Gasteiger partial charge on any atom is -0.458 e. The molecule has 350 valence electrons.